The Morgan fingerprint density at radius 3 is 2.88 bits per heavy atom. The Morgan fingerprint density at radius 1 is 1.35 bits per heavy atom. The van der Waals surface area contributed by atoms with Crippen molar-refractivity contribution < 1.29 is 4.74 Å². The molecule has 1 aromatic rings. The molecule has 0 aromatic carbocycles. The zero-order chi connectivity index (χ0) is 23.9. The number of hydrogen-bond donors (Lipinski definition) is 3. The van der Waals surface area contributed by atoms with Crippen molar-refractivity contribution in [2.45, 2.75) is 62.8 Å². The number of thioether (sulfide) groups is 1. The predicted octanol–water partition coefficient (Wildman–Crippen LogP) is 3.31. The molecule has 8 nitrogen and oxygen atoms in total. The van der Waals surface area contributed by atoms with Crippen molar-refractivity contribution in [3.8, 4) is 12.1 Å². The van der Waals surface area contributed by atoms with E-state index in [9.17, 15) is 5.26 Å². The van der Waals surface area contributed by atoms with E-state index in [1.807, 2.05) is 0 Å². The Labute approximate surface area is 205 Å². The highest BCUT2D eigenvalue weighted by molar-refractivity contribution is 8.03. The number of nitrogens with one attached hydrogen (secondary N) is 1. The SMILES string of the molecule is CN1CCC[C@H]1COc1nccc(C(=N)C2=C(N)C3(CCCC4=C3C(C#N)C(N)S4)CCC2)n1. The van der Waals surface area contributed by atoms with Crippen LogP contribution in [0.2, 0.25) is 0 Å². The lowest BCUT2D eigenvalue weighted by molar-refractivity contribution is 0.187. The van der Waals surface area contributed by atoms with Gasteiger partial charge in [0.05, 0.1) is 28.8 Å². The minimum absolute atomic E-state index is 0.233. The molecule has 5 N–H and O–H groups in total. The van der Waals surface area contributed by atoms with Gasteiger partial charge in [-0.05, 0) is 87.1 Å². The van der Waals surface area contributed by atoms with Gasteiger partial charge in [-0.25, -0.2) is 4.98 Å². The summed E-state index contributed by atoms with van der Waals surface area (Å²) in [5.74, 6) is -0.319. The van der Waals surface area contributed by atoms with E-state index in [2.05, 4.69) is 28.0 Å². The zero-order valence-corrected chi connectivity index (χ0v) is 20.5. The number of nitrogens with zero attached hydrogens (tertiary/aromatic N) is 4. The average Bonchev–Trinajstić information content (AvgIpc) is 3.41. The minimum atomic E-state index is -0.367. The van der Waals surface area contributed by atoms with E-state index in [1.165, 1.54) is 11.3 Å². The topological polar surface area (TPSA) is 138 Å². The number of rotatable bonds is 5. The van der Waals surface area contributed by atoms with Crippen LogP contribution in [0, 0.1) is 28.1 Å². The van der Waals surface area contributed by atoms with E-state index in [0.29, 0.717) is 30.1 Å². The molecule has 1 spiro atoms. The van der Waals surface area contributed by atoms with Gasteiger partial charge in [0.15, 0.2) is 0 Å². The summed E-state index contributed by atoms with van der Waals surface area (Å²) >= 11 is 1.64. The second-order valence-electron chi connectivity index (χ2n) is 9.89. The summed E-state index contributed by atoms with van der Waals surface area (Å²) in [4.78, 5) is 12.4. The number of allylic oxidation sites excluding steroid dienone is 3. The van der Waals surface area contributed by atoms with E-state index >= 15 is 0 Å². The van der Waals surface area contributed by atoms with Crippen molar-refractivity contribution in [1.82, 2.24) is 14.9 Å². The lowest BCUT2D eigenvalue weighted by Gasteiger charge is -2.44. The molecule has 9 heteroatoms. The second-order valence-corrected chi connectivity index (χ2v) is 11.2. The summed E-state index contributed by atoms with van der Waals surface area (Å²) in [5.41, 5.74) is 16.4. The number of likely N-dealkylation sites (N-methyl/N-ethyl adjacent to an activating group) is 1. The first-order valence-corrected chi connectivity index (χ1v) is 13.1. The smallest absolute Gasteiger partial charge is 0.317 e. The summed E-state index contributed by atoms with van der Waals surface area (Å²) < 4.78 is 5.90. The summed E-state index contributed by atoms with van der Waals surface area (Å²) in [5, 5.41) is 18.7. The first kappa shape index (κ1) is 23.3. The van der Waals surface area contributed by atoms with Crippen LogP contribution in [0.25, 0.3) is 0 Å². The fourth-order valence-electron chi connectivity index (χ4n) is 6.20. The summed E-state index contributed by atoms with van der Waals surface area (Å²) in [6.45, 7) is 1.63. The molecule has 5 rings (SSSR count). The summed E-state index contributed by atoms with van der Waals surface area (Å²) in [7, 11) is 2.11. The molecule has 4 aliphatic rings. The number of likely N-dealkylation sites (tertiary alicyclic amines) is 1. The molecule has 1 aromatic heterocycles. The highest BCUT2D eigenvalue weighted by Crippen LogP contribution is 2.60. The molecule has 3 heterocycles. The van der Waals surface area contributed by atoms with Crippen LogP contribution in [-0.2, 0) is 0 Å². The Hall–Kier alpha value is -2.41. The maximum atomic E-state index is 9.89. The van der Waals surface area contributed by atoms with Crippen LogP contribution in [0.1, 0.15) is 57.1 Å². The molecule has 180 valence electrons. The Morgan fingerprint density at radius 2 is 2.15 bits per heavy atom. The van der Waals surface area contributed by atoms with Crippen LogP contribution in [0.3, 0.4) is 0 Å². The lowest BCUT2D eigenvalue weighted by Crippen LogP contribution is -2.40. The Bertz CT molecular complexity index is 1090. The normalized spacial score (nSPS) is 31.6. The molecule has 2 aliphatic carbocycles. The molecule has 4 atom stereocenters. The largest absolute Gasteiger partial charge is 0.462 e. The fraction of sp³-hybridized carbons (Fsp3) is 0.600. The molecule has 0 bridgehead atoms. The second kappa shape index (κ2) is 9.33. The highest BCUT2D eigenvalue weighted by atomic mass is 32.2. The molecule has 3 unspecified atom stereocenters. The van der Waals surface area contributed by atoms with Crippen LogP contribution in [-0.4, -0.2) is 52.2 Å². The molecular weight excluding hydrogens is 446 g/mol. The van der Waals surface area contributed by atoms with Crippen molar-refractivity contribution in [3.05, 3.63) is 39.7 Å². The molecule has 1 fully saturated rings. The van der Waals surface area contributed by atoms with Gasteiger partial charge in [-0.1, -0.05) is 0 Å². The third-order valence-corrected chi connectivity index (χ3v) is 9.27. The molecular formula is C25H33N7OS. The maximum absolute atomic E-state index is 9.89. The monoisotopic (exact) mass is 479 g/mol. The van der Waals surface area contributed by atoms with Gasteiger partial charge in [0.1, 0.15) is 6.61 Å². The fourth-order valence-corrected chi connectivity index (χ4v) is 7.58. The van der Waals surface area contributed by atoms with Gasteiger partial charge in [0.2, 0.25) is 0 Å². The van der Waals surface area contributed by atoms with Crippen molar-refractivity contribution in [1.29, 1.82) is 10.7 Å². The number of nitriles is 1. The number of hydrogen-bond acceptors (Lipinski definition) is 9. The molecule has 0 saturated carbocycles. The molecule has 34 heavy (non-hydrogen) atoms. The van der Waals surface area contributed by atoms with Crippen LogP contribution < -0.4 is 16.2 Å². The van der Waals surface area contributed by atoms with E-state index in [0.717, 1.165) is 68.3 Å². The first-order chi connectivity index (χ1) is 16.4. The Balaban J connectivity index is 1.43. The molecule has 0 radical (unpaired) electrons. The van der Waals surface area contributed by atoms with Gasteiger partial charge in [-0.15, -0.1) is 11.8 Å². The highest BCUT2D eigenvalue weighted by Gasteiger charge is 2.51. The van der Waals surface area contributed by atoms with E-state index in [4.69, 9.17) is 21.6 Å². The number of fused-ring (bicyclic) bond motifs is 1. The maximum Gasteiger partial charge on any atom is 0.317 e. The molecule has 2 aliphatic heterocycles. The van der Waals surface area contributed by atoms with Crippen molar-refractivity contribution in [2.24, 2.45) is 22.8 Å². The predicted molar refractivity (Wildman–Crippen MR) is 133 cm³/mol. The average molecular weight is 480 g/mol. The van der Waals surface area contributed by atoms with Crippen LogP contribution in [0.5, 0.6) is 6.01 Å². The van der Waals surface area contributed by atoms with Crippen molar-refractivity contribution in [2.75, 3.05) is 20.2 Å². The minimum Gasteiger partial charge on any atom is -0.462 e. The summed E-state index contributed by atoms with van der Waals surface area (Å²) in [6, 6.07) is 4.88. The molecule has 1 saturated heterocycles. The zero-order valence-electron chi connectivity index (χ0n) is 19.7. The van der Waals surface area contributed by atoms with E-state index < -0.39 is 0 Å². The van der Waals surface area contributed by atoms with Crippen molar-refractivity contribution in [3.63, 3.8) is 0 Å². The molecule has 0 amide bonds. The van der Waals surface area contributed by atoms with Gasteiger partial charge in [-0.3, -0.25) is 5.41 Å². The van der Waals surface area contributed by atoms with Gasteiger partial charge in [0, 0.05) is 23.4 Å². The van der Waals surface area contributed by atoms with Gasteiger partial charge < -0.3 is 21.1 Å². The standard InChI is InChI=1S/C25H33N7OS/c1-32-12-4-5-15(32)14-33-24-30-11-8-18(31-24)21(27)16-6-2-9-25(22(16)28)10-3-7-19-20(25)17(13-26)23(29)34-19/h8,11,15,17,23,27H,2-7,9-10,12,14,28-29H2,1H3/t15-,17?,23?,25?/m0/s1. The van der Waals surface area contributed by atoms with E-state index in [-0.39, 0.29) is 16.7 Å². The number of nitrogens with two attached hydrogens (primary N) is 2. The first-order valence-electron chi connectivity index (χ1n) is 12.2. The lowest BCUT2D eigenvalue weighted by atomic mass is 9.60. The third kappa shape index (κ3) is 3.92. The van der Waals surface area contributed by atoms with Gasteiger partial charge >= 0.3 is 6.01 Å². The van der Waals surface area contributed by atoms with Crippen LogP contribution in [0.15, 0.2) is 34.0 Å². The van der Waals surface area contributed by atoms with Crippen LogP contribution in [0.4, 0.5) is 0 Å². The van der Waals surface area contributed by atoms with Crippen molar-refractivity contribution >= 4 is 17.5 Å². The number of ether oxygens (including phenoxy) is 1. The summed E-state index contributed by atoms with van der Waals surface area (Å²) in [6.07, 6.45) is 9.42. The Kier molecular flexibility index (Phi) is 6.40. The van der Waals surface area contributed by atoms with E-state index in [1.54, 1.807) is 24.0 Å². The van der Waals surface area contributed by atoms with Gasteiger partial charge in [-0.2, -0.15) is 10.2 Å². The van der Waals surface area contributed by atoms with Gasteiger partial charge in [0.25, 0.3) is 0 Å². The van der Waals surface area contributed by atoms with Crippen LogP contribution >= 0.6 is 11.8 Å². The number of aromatic nitrogens is 2. The third-order valence-electron chi connectivity index (χ3n) is 8.02. The quantitative estimate of drug-likeness (QED) is 0.547.